The first kappa shape index (κ1) is 16.5. The molecule has 0 heterocycles. The predicted molar refractivity (Wildman–Crippen MR) is 80.0 cm³/mol. The van der Waals surface area contributed by atoms with Crippen LogP contribution in [0.4, 0.5) is 0 Å². The minimum atomic E-state index is -0.253. The highest BCUT2D eigenvalue weighted by atomic mass is 16.5. The van der Waals surface area contributed by atoms with Crippen LogP contribution in [0.5, 0.6) is 5.75 Å². The Labute approximate surface area is 121 Å². The van der Waals surface area contributed by atoms with E-state index in [1.807, 2.05) is 13.0 Å². The Bertz CT molecular complexity index is 432. The normalized spacial score (nSPS) is 12.0. The Hall–Kier alpha value is -1.55. The predicted octanol–water partition coefficient (Wildman–Crippen LogP) is 3.00. The number of carbonyl (C=O) groups is 1. The van der Waals surface area contributed by atoms with Crippen LogP contribution in [0, 0.1) is 6.92 Å². The van der Waals surface area contributed by atoms with E-state index in [2.05, 4.69) is 36.0 Å². The van der Waals surface area contributed by atoms with E-state index >= 15 is 0 Å². The zero-order valence-corrected chi connectivity index (χ0v) is 12.9. The standard InChI is InChI=1S/C16H25NO3/c1-5-9-17-13(3)14-7-6-12(2)11-15(14)20-10-8-16(18)19-4/h6-7,11,13,17H,5,8-10H2,1-4H3. The van der Waals surface area contributed by atoms with Crippen LogP contribution in [0.3, 0.4) is 0 Å². The summed E-state index contributed by atoms with van der Waals surface area (Å²) in [6.45, 7) is 7.59. The zero-order valence-electron chi connectivity index (χ0n) is 12.9. The van der Waals surface area contributed by atoms with Crippen molar-refractivity contribution in [3.05, 3.63) is 29.3 Å². The molecular weight excluding hydrogens is 254 g/mol. The first-order valence-electron chi connectivity index (χ1n) is 7.12. The van der Waals surface area contributed by atoms with Gasteiger partial charge in [0.2, 0.25) is 0 Å². The van der Waals surface area contributed by atoms with Crippen molar-refractivity contribution < 1.29 is 14.3 Å². The second kappa shape index (κ2) is 8.59. The third-order valence-electron chi connectivity index (χ3n) is 3.13. The van der Waals surface area contributed by atoms with Gasteiger partial charge in [0.05, 0.1) is 20.1 Å². The SMILES string of the molecule is CCCNC(C)c1ccc(C)cc1OCCC(=O)OC. The molecule has 1 rings (SSSR count). The van der Waals surface area contributed by atoms with Gasteiger partial charge in [-0.1, -0.05) is 19.1 Å². The number of ether oxygens (including phenoxy) is 2. The van der Waals surface area contributed by atoms with Crippen LogP contribution in [-0.4, -0.2) is 26.2 Å². The molecule has 0 aliphatic heterocycles. The zero-order chi connectivity index (χ0) is 15.0. The molecule has 0 bridgehead atoms. The molecule has 0 amide bonds. The van der Waals surface area contributed by atoms with Crippen molar-refractivity contribution in [3.63, 3.8) is 0 Å². The summed E-state index contributed by atoms with van der Waals surface area (Å²) in [5.74, 6) is 0.585. The van der Waals surface area contributed by atoms with Crippen molar-refractivity contribution in [2.45, 2.75) is 39.7 Å². The number of carbonyl (C=O) groups excluding carboxylic acids is 1. The van der Waals surface area contributed by atoms with Gasteiger partial charge >= 0.3 is 5.97 Å². The second-order valence-electron chi connectivity index (χ2n) is 4.89. The van der Waals surface area contributed by atoms with Crippen molar-refractivity contribution in [1.29, 1.82) is 0 Å². The lowest BCUT2D eigenvalue weighted by molar-refractivity contribution is -0.141. The summed E-state index contributed by atoms with van der Waals surface area (Å²) < 4.78 is 10.4. The number of aryl methyl sites for hydroxylation is 1. The summed E-state index contributed by atoms with van der Waals surface area (Å²) in [6, 6.07) is 6.39. The molecule has 0 saturated heterocycles. The third kappa shape index (κ3) is 5.21. The highest BCUT2D eigenvalue weighted by Gasteiger charge is 2.12. The minimum Gasteiger partial charge on any atom is -0.493 e. The fraction of sp³-hybridized carbons (Fsp3) is 0.562. The van der Waals surface area contributed by atoms with E-state index in [0.29, 0.717) is 6.61 Å². The molecule has 0 aromatic heterocycles. The van der Waals surface area contributed by atoms with Crippen LogP contribution in [0.1, 0.15) is 43.9 Å². The van der Waals surface area contributed by atoms with Gasteiger partial charge in [0.25, 0.3) is 0 Å². The lowest BCUT2D eigenvalue weighted by atomic mass is 10.0. The summed E-state index contributed by atoms with van der Waals surface area (Å²) in [7, 11) is 1.39. The van der Waals surface area contributed by atoms with Crippen molar-refractivity contribution in [3.8, 4) is 5.75 Å². The molecule has 1 atom stereocenters. The van der Waals surface area contributed by atoms with Crippen LogP contribution in [0.15, 0.2) is 18.2 Å². The van der Waals surface area contributed by atoms with E-state index < -0.39 is 0 Å². The Balaban J connectivity index is 2.71. The van der Waals surface area contributed by atoms with Gasteiger partial charge in [-0.25, -0.2) is 0 Å². The fourth-order valence-corrected chi connectivity index (χ4v) is 1.94. The van der Waals surface area contributed by atoms with E-state index in [1.165, 1.54) is 7.11 Å². The molecule has 0 radical (unpaired) electrons. The smallest absolute Gasteiger partial charge is 0.308 e. The molecule has 1 aromatic carbocycles. The first-order valence-corrected chi connectivity index (χ1v) is 7.12. The van der Waals surface area contributed by atoms with Gasteiger partial charge in [0.1, 0.15) is 5.75 Å². The fourth-order valence-electron chi connectivity index (χ4n) is 1.94. The largest absolute Gasteiger partial charge is 0.493 e. The molecule has 4 heteroatoms. The Morgan fingerprint density at radius 2 is 2.15 bits per heavy atom. The maximum atomic E-state index is 11.1. The van der Waals surface area contributed by atoms with Crippen molar-refractivity contribution in [2.24, 2.45) is 0 Å². The van der Waals surface area contributed by atoms with Gasteiger partial charge in [-0.3, -0.25) is 4.79 Å². The summed E-state index contributed by atoms with van der Waals surface area (Å²) in [4.78, 5) is 11.1. The topological polar surface area (TPSA) is 47.6 Å². The van der Waals surface area contributed by atoms with E-state index in [1.54, 1.807) is 0 Å². The lowest BCUT2D eigenvalue weighted by Crippen LogP contribution is -2.20. The molecule has 0 aliphatic carbocycles. The quantitative estimate of drug-likeness (QED) is 0.743. The van der Waals surface area contributed by atoms with Crippen molar-refractivity contribution >= 4 is 5.97 Å². The van der Waals surface area contributed by atoms with Crippen LogP contribution < -0.4 is 10.1 Å². The number of methoxy groups -OCH3 is 1. The van der Waals surface area contributed by atoms with Gasteiger partial charge in [-0.05, 0) is 38.4 Å². The highest BCUT2D eigenvalue weighted by molar-refractivity contribution is 5.69. The average molecular weight is 279 g/mol. The number of nitrogens with one attached hydrogen (secondary N) is 1. The molecule has 4 nitrogen and oxygen atoms in total. The van der Waals surface area contributed by atoms with Gasteiger partial charge in [0, 0.05) is 11.6 Å². The van der Waals surface area contributed by atoms with Gasteiger partial charge in [-0.15, -0.1) is 0 Å². The van der Waals surface area contributed by atoms with E-state index in [4.69, 9.17) is 4.74 Å². The lowest BCUT2D eigenvalue weighted by Gasteiger charge is -2.18. The van der Waals surface area contributed by atoms with Crippen molar-refractivity contribution in [1.82, 2.24) is 5.32 Å². The summed E-state index contributed by atoms with van der Waals surface area (Å²) in [6.07, 6.45) is 1.36. The molecule has 0 aliphatic rings. The van der Waals surface area contributed by atoms with Gasteiger partial charge in [0.15, 0.2) is 0 Å². The maximum absolute atomic E-state index is 11.1. The van der Waals surface area contributed by atoms with Crippen LogP contribution in [0.2, 0.25) is 0 Å². The van der Waals surface area contributed by atoms with E-state index in [0.717, 1.165) is 29.8 Å². The monoisotopic (exact) mass is 279 g/mol. The number of esters is 1. The molecular formula is C16H25NO3. The van der Waals surface area contributed by atoms with Crippen LogP contribution >= 0.6 is 0 Å². The first-order chi connectivity index (χ1) is 9.58. The Morgan fingerprint density at radius 3 is 2.80 bits per heavy atom. The molecule has 0 fully saturated rings. The van der Waals surface area contributed by atoms with Crippen molar-refractivity contribution in [2.75, 3.05) is 20.3 Å². The molecule has 1 unspecified atom stereocenters. The summed E-state index contributed by atoms with van der Waals surface area (Å²) in [5.41, 5.74) is 2.26. The number of benzene rings is 1. The molecule has 1 aromatic rings. The Morgan fingerprint density at radius 1 is 1.40 bits per heavy atom. The molecule has 0 spiro atoms. The van der Waals surface area contributed by atoms with Gasteiger partial charge < -0.3 is 14.8 Å². The van der Waals surface area contributed by atoms with Crippen LogP contribution in [0.25, 0.3) is 0 Å². The third-order valence-corrected chi connectivity index (χ3v) is 3.13. The van der Waals surface area contributed by atoms with Gasteiger partial charge in [-0.2, -0.15) is 0 Å². The van der Waals surface area contributed by atoms with Crippen LogP contribution in [-0.2, 0) is 9.53 Å². The Kier molecular flexibility index (Phi) is 7.09. The summed E-state index contributed by atoms with van der Waals surface area (Å²) >= 11 is 0. The number of rotatable bonds is 8. The second-order valence-corrected chi connectivity index (χ2v) is 4.89. The number of hydrogen-bond acceptors (Lipinski definition) is 4. The molecule has 1 N–H and O–H groups in total. The number of hydrogen-bond donors (Lipinski definition) is 1. The maximum Gasteiger partial charge on any atom is 0.308 e. The van der Waals surface area contributed by atoms with E-state index in [9.17, 15) is 4.79 Å². The molecule has 0 saturated carbocycles. The highest BCUT2D eigenvalue weighted by Crippen LogP contribution is 2.26. The average Bonchev–Trinajstić information content (AvgIpc) is 2.44. The van der Waals surface area contributed by atoms with E-state index in [-0.39, 0.29) is 18.4 Å². The molecule has 112 valence electrons. The molecule has 20 heavy (non-hydrogen) atoms. The minimum absolute atomic E-state index is 0.226. The summed E-state index contributed by atoms with van der Waals surface area (Å²) in [5, 5.41) is 3.45.